The summed E-state index contributed by atoms with van der Waals surface area (Å²) >= 11 is 3.19. The summed E-state index contributed by atoms with van der Waals surface area (Å²) in [4.78, 5) is 10.8. The minimum absolute atomic E-state index is 0.0794. The third-order valence-corrected chi connectivity index (χ3v) is 1.79. The van der Waals surface area contributed by atoms with E-state index in [4.69, 9.17) is 4.74 Å². The number of hydrogen-bond donors (Lipinski definition) is 0. The van der Waals surface area contributed by atoms with E-state index in [1.807, 2.05) is 6.92 Å². The maximum absolute atomic E-state index is 10.8. The lowest BCUT2D eigenvalue weighted by Crippen LogP contribution is -2.15. The van der Waals surface area contributed by atoms with Gasteiger partial charge >= 0.3 is 5.97 Å². The normalized spacial score (nSPS) is 12.3. The number of carbonyl (C=O) groups is 1. The molecule has 0 saturated heterocycles. The Morgan fingerprint density at radius 3 is 2.60 bits per heavy atom. The molecule has 0 rings (SSSR count). The summed E-state index contributed by atoms with van der Waals surface area (Å²) < 4.78 is 4.88. The van der Waals surface area contributed by atoms with Gasteiger partial charge in [0.2, 0.25) is 0 Å². The van der Waals surface area contributed by atoms with Gasteiger partial charge in [0.1, 0.15) is 6.10 Å². The molecule has 0 heterocycles. The van der Waals surface area contributed by atoms with E-state index in [-0.39, 0.29) is 12.1 Å². The van der Waals surface area contributed by atoms with Crippen LogP contribution in [0.2, 0.25) is 0 Å². The molecule has 0 aliphatic heterocycles. The molecule has 0 saturated carbocycles. The van der Waals surface area contributed by atoms with Gasteiger partial charge in [-0.1, -0.05) is 22.5 Å². The van der Waals surface area contributed by atoms with Crippen LogP contribution in [0.1, 0.15) is 13.8 Å². The Labute approximate surface area is 69.4 Å². The third-order valence-electron chi connectivity index (χ3n) is 0.874. The minimum atomic E-state index is -0.327. The lowest BCUT2D eigenvalue weighted by Gasteiger charge is -2.08. The van der Waals surface area contributed by atoms with Crippen molar-refractivity contribution in [2.45, 2.75) is 20.0 Å². The molecule has 1 unspecified atom stereocenters. The van der Waals surface area contributed by atoms with Crippen molar-refractivity contribution < 1.29 is 9.53 Å². The quantitative estimate of drug-likeness (QED) is 0.401. The maximum Gasteiger partial charge on any atom is 0.333 e. The van der Waals surface area contributed by atoms with Gasteiger partial charge < -0.3 is 4.74 Å². The first-order valence-electron chi connectivity index (χ1n) is 3.00. The fourth-order valence-electron chi connectivity index (χ4n) is 0.315. The highest BCUT2D eigenvalue weighted by molar-refractivity contribution is 9.09. The molecule has 10 heavy (non-hydrogen) atoms. The van der Waals surface area contributed by atoms with E-state index in [0.717, 1.165) is 0 Å². The number of esters is 1. The van der Waals surface area contributed by atoms with Crippen LogP contribution in [0.4, 0.5) is 0 Å². The zero-order valence-electron chi connectivity index (χ0n) is 6.19. The Hall–Kier alpha value is -0.310. The second-order valence-corrected chi connectivity index (χ2v) is 2.80. The molecule has 3 heteroatoms. The van der Waals surface area contributed by atoms with E-state index in [9.17, 15) is 4.79 Å². The molecule has 1 atom stereocenters. The predicted octanol–water partition coefficient (Wildman–Crippen LogP) is 1.89. The van der Waals surface area contributed by atoms with E-state index in [0.29, 0.717) is 10.9 Å². The lowest BCUT2D eigenvalue weighted by molar-refractivity contribution is -0.142. The molecule has 0 spiro atoms. The SMILES string of the molecule is C=C(C)C(=O)OC(C)CBr. The van der Waals surface area contributed by atoms with Crippen LogP contribution in [0.5, 0.6) is 0 Å². The van der Waals surface area contributed by atoms with Gasteiger partial charge in [-0.2, -0.15) is 0 Å². The molecule has 0 aliphatic carbocycles. The summed E-state index contributed by atoms with van der Waals surface area (Å²) in [6.07, 6.45) is -0.0794. The standard InChI is InChI=1S/C7H11BrO2/c1-5(2)7(9)10-6(3)4-8/h6H,1,4H2,2-3H3. The van der Waals surface area contributed by atoms with E-state index in [1.165, 1.54) is 0 Å². The van der Waals surface area contributed by atoms with Crippen LogP contribution in [-0.4, -0.2) is 17.4 Å². The van der Waals surface area contributed by atoms with Crippen molar-refractivity contribution in [3.05, 3.63) is 12.2 Å². The molecule has 0 aliphatic rings. The van der Waals surface area contributed by atoms with Gasteiger partial charge in [-0.05, 0) is 13.8 Å². The fourth-order valence-corrected chi connectivity index (χ4v) is 0.447. The molecule has 58 valence electrons. The molecular weight excluding hydrogens is 196 g/mol. The first-order valence-corrected chi connectivity index (χ1v) is 4.12. The van der Waals surface area contributed by atoms with Gasteiger partial charge in [-0.3, -0.25) is 0 Å². The zero-order chi connectivity index (χ0) is 8.15. The van der Waals surface area contributed by atoms with Crippen molar-refractivity contribution in [3.63, 3.8) is 0 Å². The van der Waals surface area contributed by atoms with Crippen molar-refractivity contribution in [1.82, 2.24) is 0 Å². The minimum Gasteiger partial charge on any atom is -0.458 e. The van der Waals surface area contributed by atoms with Crippen molar-refractivity contribution >= 4 is 21.9 Å². The molecular formula is C7H11BrO2. The molecule has 0 amide bonds. The highest BCUT2D eigenvalue weighted by Gasteiger charge is 2.07. The number of ether oxygens (including phenoxy) is 1. The summed E-state index contributed by atoms with van der Waals surface area (Å²) in [6.45, 7) is 6.90. The smallest absolute Gasteiger partial charge is 0.333 e. The first-order chi connectivity index (χ1) is 4.57. The van der Waals surface area contributed by atoms with Crippen molar-refractivity contribution in [3.8, 4) is 0 Å². The Balaban J connectivity index is 3.68. The molecule has 0 bridgehead atoms. The van der Waals surface area contributed by atoms with Crippen LogP contribution in [0.25, 0.3) is 0 Å². The largest absolute Gasteiger partial charge is 0.458 e. The van der Waals surface area contributed by atoms with E-state index in [2.05, 4.69) is 22.5 Å². The lowest BCUT2D eigenvalue weighted by atomic mass is 10.3. The Morgan fingerprint density at radius 2 is 2.30 bits per heavy atom. The summed E-state index contributed by atoms with van der Waals surface area (Å²) in [5.74, 6) is -0.327. The van der Waals surface area contributed by atoms with Gasteiger partial charge in [0.25, 0.3) is 0 Å². The number of carbonyl (C=O) groups excluding carboxylic acids is 1. The highest BCUT2D eigenvalue weighted by Crippen LogP contribution is 2.00. The molecule has 0 fully saturated rings. The van der Waals surface area contributed by atoms with Crippen LogP contribution in [0.3, 0.4) is 0 Å². The summed E-state index contributed by atoms with van der Waals surface area (Å²) in [5.41, 5.74) is 0.438. The Morgan fingerprint density at radius 1 is 1.80 bits per heavy atom. The van der Waals surface area contributed by atoms with Gasteiger partial charge in [0, 0.05) is 10.9 Å². The van der Waals surface area contributed by atoms with Crippen LogP contribution in [0.15, 0.2) is 12.2 Å². The van der Waals surface area contributed by atoms with Crippen molar-refractivity contribution in [2.24, 2.45) is 0 Å². The average Bonchev–Trinajstić information content (AvgIpc) is 1.87. The van der Waals surface area contributed by atoms with Crippen LogP contribution >= 0.6 is 15.9 Å². The predicted molar refractivity (Wildman–Crippen MR) is 44.2 cm³/mol. The molecule has 0 N–H and O–H groups in total. The summed E-state index contributed by atoms with van der Waals surface area (Å²) in [7, 11) is 0. The third kappa shape index (κ3) is 3.67. The van der Waals surface area contributed by atoms with Gasteiger partial charge in [-0.25, -0.2) is 4.79 Å². The van der Waals surface area contributed by atoms with Crippen LogP contribution in [-0.2, 0) is 9.53 Å². The molecule has 0 radical (unpaired) electrons. The van der Waals surface area contributed by atoms with Gasteiger partial charge in [-0.15, -0.1) is 0 Å². The topological polar surface area (TPSA) is 26.3 Å². The number of hydrogen-bond acceptors (Lipinski definition) is 2. The van der Waals surface area contributed by atoms with Crippen molar-refractivity contribution in [1.29, 1.82) is 0 Å². The number of rotatable bonds is 3. The first kappa shape index (κ1) is 9.69. The molecule has 0 aromatic heterocycles. The van der Waals surface area contributed by atoms with Gasteiger partial charge in [0.15, 0.2) is 0 Å². The second-order valence-electron chi connectivity index (χ2n) is 2.15. The van der Waals surface area contributed by atoms with Crippen molar-refractivity contribution in [2.75, 3.05) is 5.33 Å². The monoisotopic (exact) mass is 206 g/mol. The number of halogens is 1. The highest BCUT2D eigenvalue weighted by atomic mass is 79.9. The van der Waals surface area contributed by atoms with E-state index < -0.39 is 0 Å². The molecule has 2 nitrogen and oxygen atoms in total. The maximum atomic E-state index is 10.8. The second kappa shape index (κ2) is 4.50. The number of alkyl halides is 1. The summed E-state index contributed by atoms with van der Waals surface area (Å²) in [6, 6.07) is 0. The molecule has 0 aromatic rings. The fraction of sp³-hybridized carbons (Fsp3) is 0.571. The average molecular weight is 207 g/mol. The van der Waals surface area contributed by atoms with Crippen LogP contribution < -0.4 is 0 Å². The zero-order valence-corrected chi connectivity index (χ0v) is 7.77. The van der Waals surface area contributed by atoms with E-state index in [1.54, 1.807) is 6.92 Å². The van der Waals surface area contributed by atoms with Gasteiger partial charge in [0.05, 0.1) is 0 Å². The Kier molecular flexibility index (Phi) is 4.36. The van der Waals surface area contributed by atoms with E-state index >= 15 is 0 Å². The Bertz CT molecular complexity index is 143. The molecule has 0 aromatic carbocycles. The van der Waals surface area contributed by atoms with Crippen LogP contribution in [0, 0.1) is 0 Å². The summed E-state index contributed by atoms with van der Waals surface area (Å²) in [5, 5.41) is 0.659.